The molecule has 0 spiro atoms. The number of nitrogens with zero attached hydrogens (tertiary/aromatic N) is 1. The zero-order valence-electron chi connectivity index (χ0n) is 8.54. The van der Waals surface area contributed by atoms with Crippen LogP contribution in [0, 0.1) is 12.8 Å². The van der Waals surface area contributed by atoms with Crippen LogP contribution < -0.4 is 0 Å². The van der Waals surface area contributed by atoms with Gasteiger partial charge in [0.05, 0.1) is 5.01 Å². The Morgan fingerprint density at radius 2 is 2.00 bits per heavy atom. The topological polar surface area (TPSA) is 12.9 Å². The van der Waals surface area contributed by atoms with Gasteiger partial charge in [0.25, 0.3) is 0 Å². The lowest BCUT2D eigenvalue weighted by atomic mass is 9.94. The molecule has 0 fully saturated rings. The Balaban J connectivity index is 2.88. The third-order valence-electron chi connectivity index (χ3n) is 2.14. The van der Waals surface area contributed by atoms with Gasteiger partial charge in [0, 0.05) is 22.4 Å². The smallest absolute Gasteiger partial charge is 0.0976 e. The van der Waals surface area contributed by atoms with Crippen LogP contribution in [0.3, 0.4) is 0 Å². The number of aryl methyl sites for hydroxylation is 1. The second-order valence-electron chi connectivity index (χ2n) is 3.77. The van der Waals surface area contributed by atoms with Crippen molar-refractivity contribution in [2.45, 2.75) is 39.0 Å². The summed E-state index contributed by atoms with van der Waals surface area (Å²) in [5.74, 6) is 0.943. The SMILES string of the molecule is Cc1csc(C(C(C)C)C(C)Cl)n1. The summed E-state index contributed by atoms with van der Waals surface area (Å²) in [6.07, 6.45) is 0. The van der Waals surface area contributed by atoms with Crippen LogP contribution in [-0.2, 0) is 0 Å². The fourth-order valence-corrected chi connectivity index (χ4v) is 3.20. The monoisotopic (exact) mass is 217 g/mol. The fourth-order valence-electron chi connectivity index (χ4n) is 1.54. The number of hydrogen-bond donors (Lipinski definition) is 0. The van der Waals surface area contributed by atoms with Crippen LogP contribution in [0.15, 0.2) is 5.38 Å². The maximum absolute atomic E-state index is 6.15. The normalized spacial score (nSPS) is 16.2. The van der Waals surface area contributed by atoms with Crippen LogP contribution in [-0.4, -0.2) is 10.4 Å². The van der Waals surface area contributed by atoms with Gasteiger partial charge in [-0.25, -0.2) is 4.98 Å². The molecular weight excluding hydrogens is 202 g/mol. The molecule has 2 unspecified atom stereocenters. The molecule has 1 aromatic heterocycles. The van der Waals surface area contributed by atoms with Crippen molar-refractivity contribution in [1.29, 1.82) is 0 Å². The largest absolute Gasteiger partial charge is 0.246 e. The van der Waals surface area contributed by atoms with Crippen molar-refractivity contribution in [3.8, 4) is 0 Å². The van der Waals surface area contributed by atoms with Crippen molar-refractivity contribution in [3.63, 3.8) is 0 Å². The molecule has 13 heavy (non-hydrogen) atoms. The van der Waals surface area contributed by atoms with Crippen molar-refractivity contribution < 1.29 is 0 Å². The molecule has 0 radical (unpaired) electrons. The Bertz CT molecular complexity index is 260. The van der Waals surface area contributed by atoms with Gasteiger partial charge in [-0.2, -0.15) is 0 Å². The molecule has 0 aliphatic rings. The van der Waals surface area contributed by atoms with Gasteiger partial charge in [-0.15, -0.1) is 22.9 Å². The van der Waals surface area contributed by atoms with Gasteiger partial charge in [0.1, 0.15) is 0 Å². The summed E-state index contributed by atoms with van der Waals surface area (Å²) in [5.41, 5.74) is 1.10. The highest BCUT2D eigenvalue weighted by molar-refractivity contribution is 7.09. The molecule has 3 heteroatoms. The first-order valence-electron chi connectivity index (χ1n) is 4.58. The van der Waals surface area contributed by atoms with Crippen LogP contribution in [0.25, 0.3) is 0 Å². The summed E-state index contributed by atoms with van der Waals surface area (Å²) in [6.45, 7) is 8.46. The molecule has 0 aliphatic heterocycles. The quantitative estimate of drug-likeness (QED) is 0.702. The lowest BCUT2D eigenvalue weighted by molar-refractivity contribution is 0.488. The molecule has 1 heterocycles. The number of alkyl halides is 1. The zero-order valence-corrected chi connectivity index (χ0v) is 10.1. The first-order valence-corrected chi connectivity index (χ1v) is 5.90. The van der Waals surface area contributed by atoms with E-state index >= 15 is 0 Å². The van der Waals surface area contributed by atoms with Gasteiger partial charge in [0.2, 0.25) is 0 Å². The van der Waals surface area contributed by atoms with E-state index in [1.54, 1.807) is 11.3 Å². The number of thiazole rings is 1. The van der Waals surface area contributed by atoms with Crippen molar-refractivity contribution in [3.05, 3.63) is 16.1 Å². The van der Waals surface area contributed by atoms with E-state index in [0.29, 0.717) is 11.8 Å². The summed E-state index contributed by atoms with van der Waals surface area (Å²) in [7, 11) is 0. The Morgan fingerprint density at radius 1 is 1.38 bits per heavy atom. The van der Waals surface area contributed by atoms with E-state index in [-0.39, 0.29) is 5.38 Å². The van der Waals surface area contributed by atoms with Gasteiger partial charge in [0.15, 0.2) is 0 Å². The molecular formula is C10H16ClNS. The van der Waals surface area contributed by atoms with Crippen molar-refractivity contribution in [1.82, 2.24) is 4.98 Å². The highest BCUT2D eigenvalue weighted by Crippen LogP contribution is 2.32. The van der Waals surface area contributed by atoms with Crippen molar-refractivity contribution >= 4 is 22.9 Å². The maximum Gasteiger partial charge on any atom is 0.0976 e. The van der Waals surface area contributed by atoms with E-state index in [1.165, 1.54) is 5.01 Å². The zero-order chi connectivity index (χ0) is 10.0. The second kappa shape index (κ2) is 4.43. The molecule has 1 aromatic rings. The number of halogens is 1. The molecule has 1 rings (SSSR count). The number of rotatable bonds is 3. The highest BCUT2D eigenvalue weighted by atomic mass is 35.5. The maximum atomic E-state index is 6.15. The summed E-state index contributed by atoms with van der Waals surface area (Å²) < 4.78 is 0. The lowest BCUT2D eigenvalue weighted by Crippen LogP contribution is -2.15. The highest BCUT2D eigenvalue weighted by Gasteiger charge is 2.23. The third-order valence-corrected chi connectivity index (χ3v) is 3.47. The van der Waals surface area contributed by atoms with Gasteiger partial charge in [-0.05, 0) is 19.8 Å². The predicted molar refractivity (Wildman–Crippen MR) is 59.7 cm³/mol. The van der Waals surface area contributed by atoms with E-state index in [1.807, 2.05) is 13.8 Å². The fraction of sp³-hybridized carbons (Fsp3) is 0.700. The average molecular weight is 218 g/mol. The van der Waals surface area contributed by atoms with Crippen LogP contribution in [0.2, 0.25) is 0 Å². The predicted octanol–water partition coefficient (Wildman–Crippen LogP) is 3.82. The summed E-state index contributed by atoms with van der Waals surface area (Å²) in [4.78, 5) is 4.49. The van der Waals surface area contributed by atoms with Crippen LogP contribution in [0.5, 0.6) is 0 Å². The van der Waals surface area contributed by atoms with E-state index in [9.17, 15) is 0 Å². The van der Waals surface area contributed by atoms with Crippen LogP contribution in [0.4, 0.5) is 0 Å². The Morgan fingerprint density at radius 3 is 2.31 bits per heavy atom. The van der Waals surface area contributed by atoms with E-state index in [4.69, 9.17) is 11.6 Å². The lowest BCUT2D eigenvalue weighted by Gasteiger charge is -2.20. The standard InChI is InChI=1S/C10H16ClNS/c1-6(2)9(8(4)11)10-12-7(3)5-13-10/h5-6,8-9H,1-4H3. The molecule has 2 atom stereocenters. The van der Waals surface area contributed by atoms with Gasteiger partial charge in [-0.1, -0.05) is 13.8 Å². The molecule has 74 valence electrons. The summed E-state index contributed by atoms with van der Waals surface area (Å²) >= 11 is 7.87. The van der Waals surface area contributed by atoms with Gasteiger partial charge >= 0.3 is 0 Å². The number of hydrogen-bond acceptors (Lipinski definition) is 2. The Kier molecular flexibility index (Phi) is 3.74. The first kappa shape index (κ1) is 11.0. The van der Waals surface area contributed by atoms with E-state index in [2.05, 4.69) is 24.2 Å². The Hall–Kier alpha value is -0.0800. The molecule has 0 aliphatic carbocycles. The molecule has 0 saturated heterocycles. The van der Waals surface area contributed by atoms with Crippen LogP contribution in [0.1, 0.15) is 37.4 Å². The van der Waals surface area contributed by atoms with E-state index < -0.39 is 0 Å². The minimum absolute atomic E-state index is 0.158. The minimum atomic E-state index is 0.158. The molecule has 0 N–H and O–H groups in total. The van der Waals surface area contributed by atoms with Crippen molar-refractivity contribution in [2.24, 2.45) is 5.92 Å². The molecule has 0 amide bonds. The molecule has 0 aromatic carbocycles. The number of aromatic nitrogens is 1. The van der Waals surface area contributed by atoms with Crippen molar-refractivity contribution in [2.75, 3.05) is 0 Å². The van der Waals surface area contributed by atoms with Gasteiger partial charge in [-0.3, -0.25) is 0 Å². The van der Waals surface area contributed by atoms with Crippen LogP contribution >= 0.6 is 22.9 Å². The minimum Gasteiger partial charge on any atom is -0.246 e. The third kappa shape index (κ3) is 2.68. The first-order chi connectivity index (χ1) is 6.02. The average Bonchev–Trinajstić information content (AvgIpc) is 2.34. The summed E-state index contributed by atoms with van der Waals surface area (Å²) in [5, 5.41) is 3.42. The molecule has 0 bridgehead atoms. The molecule has 0 saturated carbocycles. The molecule has 1 nitrogen and oxygen atoms in total. The van der Waals surface area contributed by atoms with E-state index in [0.717, 1.165) is 5.69 Å². The Labute approximate surface area is 89.1 Å². The second-order valence-corrected chi connectivity index (χ2v) is 5.35. The summed E-state index contributed by atoms with van der Waals surface area (Å²) in [6, 6.07) is 0. The van der Waals surface area contributed by atoms with Gasteiger partial charge < -0.3 is 0 Å².